The van der Waals surface area contributed by atoms with Crippen LogP contribution in [0.5, 0.6) is 11.6 Å². The summed E-state index contributed by atoms with van der Waals surface area (Å²) in [5.74, 6) is 1.05. The van der Waals surface area contributed by atoms with Crippen LogP contribution in [-0.2, 0) is 0 Å². The largest absolute Gasteiger partial charge is 0.507 e. The predicted molar refractivity (Wildman–Crippen MR) is 138 cm³/mol. The number of aromatic hydroxyl groups is 1. The monoisotopic (exact) mass is 442 g/mol. The Labute approximate surface area is 197 Å². The van der Waals surface area contributed by atoms with Gasteiger partial charge < -0.3 is 9.84 Å². The molecule has 1 heterocycles. The number of para-hydroxylation sites is 1. The van der Waals surface area contributed by atoms with E-state index in [0.717, 1.165) is 16.6 Å². The fourth-order valence-electron chi connectivity index (χ4n) is 4.64. The second-order valence-corrected chi connectivity index (χ2v) is 8.22. The lowest BCUT2D eigenvalue weighted by molar-refractivity contribution is 0.327. The van der Waals surface area contributed by atoms with E-state index in [9.17, 15) is 5.11 Å². The minimum absolute atomic E-state index is 0.136. The molecule has 6 aromatic rings. The van der Waals surface area contributed by atoms with E-state index in [1.54, 1.807) is 12.1 Å². The Morgan fingerprint density at radius 1 is 0.647 bits per heavy atom. The topological polar surface area (TPSA) is 55.2 Å². The summed E-state index contributed by atoms with van der Waals surface area (Å²) in [6.45, 7) is 2.42. The highest BCUT2D eigenvalue weighted by Crippen LogP contribution is 2.39. The molecule has 0 unspecified atom stereocenters. The third-order valence-corrected chi connectivity index (χ3v) is 6.18. The number of fused-ring (bicyclic) bond motifs is 5. The van der Waals surface area contributed by atoms with Crippen molar-refractivity contribution >= 4 is 32.3 Å². The molecule has 0 bridgehead atoms. The Hall–Kier alpha value is -4.44. The van der Waals surface area contributed by atoms with Crippen molar-refractivity contribution in [3.63, 3.8) is 0 Å². The van der Waals surface area contributed by atoms with E-state index in [0.29, 0.717) is 23.9 Å². The van der Waals surface area contributed by atoms with Crippen molar-refractivity contribution in [2.45, 2.75) is 6.92 Å². The zero-order chi connectivity index (χ0) is 23.1. The van der Waals surface area contributed by atoms with Crippen molar-refractivity contribution in [1.82, 2.24) is 9.97 Å². The lowest BCUT2D eigenvalue weighted by Gasteiger charge is -2.14. The molecule has 0 amide bonds. The van der Waals surface area contributed by atoms with E-state index in [4.69, 9.17) is 9.72 Å². The van der Waals surface area contributed by atoms with Gasteiger partial charge in [-0.2, -0.15) is 4.98 Å². The zero-order valence-electron chi connectivity index (χ0n) is 18.7. The molecule has 4 nitrogen and oxygen atoms in total. The molecule has 0 radical (unpaired) electrons. The summed E-state index contributed by atoms with van der Waals surface area (Å²) < 4.78 is 5.81. The van der Waals surface area contributed by atoms with Crippen molar-refractivity contribution in [3.05, 3.63) is 97.1 Å². The fraction of sp³-hybridized carbons (Fsp3) is 0.0667. The predicted octanol–water partition coefficient (Wildman–Crippen LogP) is 7.37. The normalized spacial score (nSPS) is 11.3. The summed E-state index contributed by atoms with van der Waals surface area (Å²) >= 11 is 0. The number of phenolic OH excluding ortho intramolecular Hbond substituents is 1. The molecule has 0 aliphatic heterocycles. The van der Waals surface area contributed by atoms with Crippen LogP contribution in [0, 0.1) is 0 Å². The molecule has 0 atom stereocenters. The van der Waals surface area contributed by atoms with Gasteiger partial charge in [0.1, 0.15) is 5.75 Å². The third-order valence-electron chi connectivity index (χ3n) is 6.18. The van der Waals surface area contributed by atoms with E-state index in [1.807, 2.05) is 31.2 Å². The maximum absolute atomic E-state index is 10.5. The van der Waals surface area contributed by atoms with Crippen molar-refractivity contribution in [2.24, 2.45) is 0 Å². The number of benzene rings is 5. The quantitative estimate of drug-likeness (QED) is 0.290. The molecule has 164 valence electrons. The fourth-order valence-corrected chi connectivity index (χ4v) is 4.64. The number of phenols is 1. The van der Waals surface area contributed by atoms with Crippen LogP contribution in [0.3, 0.4) is 0 Å². The highest BCUT2D eigenvalue weighted by Gasteiger charge is 2.16. The van der Waals surface area contributed by atoms with Gasteiger partial charge in [0.15, 0.2) is 5.82 Å². The maximum Gasteiger partial charge on any atom is 0.217 e. The molecular weight excluding hydrogens is 420 g/mol. The van der Waals surface area contributed by atoms with Crippen LogP contribution in [-0.4, -0.2) is 21.7 Å². The minimum atomic E-state index is 0.136. The molecule has 0 saturated carbocycles. The van der Waals surface area contributed by atoms with Gasteiger partial charge >= 0.3 is 0 Å². The molecule has 4 heteroatoms. The average molecular weight is 443 g/mol. The van der Waals surface area contributed by atoms with Crippen LogP contribution in [0.2, 0.25) is 0 Å². The first kappa shape index (κ1) is 20.2. The van der Waals surface area contributed by atoms with E-state index in [-0.39, 0.29) is 5.75 Å². The molecule has 6 rings (SSSR count). The average Bonchev–Trinajstić information content (AvgIpc) is 2.88. The number of aromatic nitrogens is 2. The second-order valence-electron chi connectivity index (χ2n) is 8.22. The maximum atomic E-state index is 10.5. The van der Waals surface area contributed by atoms with Crippen molar-refractivity contribution in [1.29, 1.82) is 0 Å². The summed E-state index contributed by atoms with van der Waals surface area (Å²) in [5, 5.41) is 17.5. The van der Waals surface area contributed by atoms with Crippen molar-refractivity contribution in [3.8, 4) is 34.3 Å². The van der Waals surface area contributed by atoms with Gasteiger partial charge in [-0.05, 0) is 57.4 Å². The first-order valence-electron chi connectivity index (χ1n) is 11.4. The van der Waals surface area contributed by atoms with Gasteiger partial charge in [0.2, 0.25) is 5.88 Å². The van der Waals surface area contributed by atoms with Crippen LogP contribution in [0.25, 0.3) is 55.0 Å². The number of rotatable bonds is 4. The molecule has 0 aliphatic carbocycles. The molecular formula is C30H22N2O2. The van der Waals surface area contributed by atoms with Gasteiger partial charge in [-0.1, -0.05) is 72.8 Å². The lowest BCUT2D eigenvalue weighted by atomic mass is 9.92. The Morgan fingerprint density at radius 2 is 1.35 bits per heavy atom. The molecule has 0 fully saturated rings. The molecule has 0 spiro atoms. The second kappa shape index (κ2) is 8.16. The third kappa shape index (κ3) is 3.32. The van der Waals surface area contributed by atoms with Gasteiger partial charge in [0.05, 0.1) is 17.9 Å². The Bertz CT molecular complexity index is 1690. The minimum Gasteiger partial charge on any atom is -0.507 e. The zero-order valence-corrected chi connectivity index (χ0v) is 18.7. The van der Waals surface area contributed by atoms with Crippen LogP contribution in [0.1, 0.15) is 6.92 Å². The highest BCUT2D eigenvalue weighted by molar-refractivity contribution is 6.20. The number of hydrogen-bond donors (Lipinski definition) is 1. The van der Waals surface area contributed by atoms with E-state index >= 15 is 0 Å². The Balaban J connectivity index is 1.70. The van der Waals surface area contributed by atoms with E-state index < -0.39 is 0 Å². The first-order valence-corrected chi connectivity index (χ1v) is 11.4. The molecule has 34 heavy (non-hydrogen) atoms. The van der Waals surface area contributed by atoms with Crippen LogP contribution >= 0.6 is 0 Å². The molecule has 1 N–H and O–H groups in total. The Morgan fingerprint density at radius 3 is 2.18 bits per heavy atom. The van der Waals surface area contributed by atoms with Crippen LogP contribution in [0.15, 0.2) is 97.1 Å². The molecule has 5 aromatic carbocycles. The van der Waals surface area contributed by atoms with Crippen LogP contribution in [0.4, 0.5) is 0 Å². The molecule has 0 saturated heterocycles. The SMILES string of the molecule is CCOc1cc(-c2cc3c4ccccc4ccc3c3ccccc23)nc(-c2ccccc2O)n1. The number of nitrogens with zero attached hydrogens (tertiary/aromatic N) is 2. The van der Waals surface area contributed by atoms with Crippen molar-refractivity contribution < 1.29 is 9.84 Å². The highest BCUT2D eigenvalue weighted by atomic mass is 16.5. The number of ether oxygens (including phenoxy) is 1. The molecule has 0 aliphatic rings. The standard InChI is InChI=1S/C30H22N2O2/c1-2-34-29-18-27(31-30(32-29)24-13-7-8-14-28(24)33)26-17-25-20-10-4-3-9-19(20)15-16-23(25)21-11-5-6-12-22(21)26/h3-18,33H,2H2,1H3. The van der Waals surface area contributed by atoms with Gasteiger partial charge in [0, 0.05) is 11.6 Å². The Kier molecular flexibility index (Phi) is 4.84. The van der Waals surface area contributed by atoms with Gasteiger partial charge in [-0.15, -0.1) is 0 Å². The van der Waals surface area contributed by atoms with E-state index in [1.165, 1.54) is 26.9 Å². The van der Waals surface area contributed by atoms with Gasteiger partial charge in [-0.25, -0.2) is 4.98 Å². The van der Waals surface area contributed by atoms with Gasteiger partial charge in [-0.3, -0.25) is 0 Å². The summed E-state index contributed by atoms with van der Waals surface area (Å²) in [4.78, 5) is 9.48. The summed E-state index contributed by atoms with van der Waals surface area (Å²) in [7, 11) is 0. The van der Waals surface area contributed by atoms with Gasteiger partial charge in [0.25, 0.3) is 0 Å². The summed E-state index contributed by atoms with van der Waals surface area (Å²) in [6.07, 6.45) is 0. The lowest BCUT2D eigenvalue weighted by Crippen LogP contribution is -2.00. The van der Waals surface area contributed by atoms with Crippen molar-refractivity contribution in [2.75, 3.05) is 6.61 Å². The summed E-state index contributed by atoms with van der Waals surface area (Å²) in [6, 6.07) is 32.4. The van der Waals surface area contributed by atoms with E-state index in [2.05, 4.69) is 65.6 Å². The molecule has 1 aromatic heterocycles. The summed E-state index contributed by atoms with van der Waals surface area (Å²) in [5.41, 5.74) is 2.32. The number of hydrogen-bond acceptors (Lipinski definition) is 4. The smallest absolute Gasteiger partial charge is 0.217 e. The first-order chi connectivity index (χ1) is 16.7. The van der Waals surface area contributed by atoms with Crippen LogP contribution < -0.4 is 4.74 Å².